The second-order valence-corrected chi connectivity index (χ2v) is 4.74. The quantitative estimate of drug-likeness (QED) is 0.714. The number of thiophene rings is 1. The highest BCUT2D eigenvalue weighted by molar-refractivity contribution is 7.10. The minimum Gasteiger partial charge on any atom is -0.480 e. The Morgan fingerprint density at radius 3 is 2.73 bits per heavy atom. The number of hydrogen-bond donors (Lipinski definition) is 3. The Morgan fingerprint density at radius 2 is 2.33 bits per heavy atom. The Hall–Kier alpha value is -1.07. The van der Waals surface area contributed by atoms with E-state index in [-0.39, 0.29) is 5.92 Å². The Kier molecular flexibility index (Phi) is 4.11. The van der Waals surface area contributed by atoms with E-state index in [1.165, 1.54) is 11.3 Å². The summed E-state index contributed by atoms with van der Waals surface area (Å²) in [5.41, 5.74) is 6.42. The maximum absolute atomic E-state index is 10.9. The van der Waals surface area contributed by atoms with Gasteiger partial charge >= 0.3 is 5.97 Å². The van der Waals surface area contributed by atoms with Gasteiger partial charge in [-0.05, 0) is 17.4 Å². The first kappa shape index (κ1) is 12.0. The molecule has 1 atom stereocenters. The third-order valence-corrected chi connectivity index (χ3v) is 3.13. The fraction of sp³-hybridized carbons (Fsp3) is 0.500. The van der Waals surface area contributed by atoms with Crippen LogP contribution in [0.25, 0.3) is 0 Å². The van der Waals surface area contributed by atoms with Crippen LogP contribution in [0, 0.1) is 5.92 Å². The molecule has 1 aromatic rings. The fourth-order valence-corrected chi connectivity index (χ4v) is 2.05. The summed E-state index contributed by atoms with van der Waals surface area (Å²) in [6, 6.07) is 1.30. The lowest BCUT2D eigenvalue weighted by molar-refractivity contribution is -0.140. The maximum atomic E-state index is 10.9. The molecule has 0 aromatic carbocycles. The first-order valence-electron chi connectivity index (χ1n) is 4.80. The van der Waals surface area contributed by atoms with Crippen molar-refractivity contribution in [1.82, 2.24) is 5.32 Å². The highest BCUT2D eigenvalue weighted by Gasteiger charge is 2.20. The highest BCUT2D eigenvalue weighted by atomic mass is 32.1. The van der Waals surface area contributed by atoms with E-state index < -0.39 is 12.0 Å². The molecule has 1 aromatic heterocycles. The van der Waals surface area contributed by atoms with Gasteiger partial charge in [-0.2, -0.15) is 0 Å². The van der Waals surface area contributed by atoms with Gasteiger partial charge in [-0.1, -0.05) is 13.8 Å². The zero-order chi connectivity index (χ0) is 11.4. The van der Waals surface area contributed by atoms with Gasteiger partial charge < -0.3 is 10.8 Å². The van der Waals surface area contributed by atoms with Crippen molar-refractivity contribution in [2.24, 2.45) is 5.92 Å². The van der Waals surface area contributed by atoms with E-state index in [9.17, 15) is 4.79 Å². The first-order chi connectivity index (χ1) is 7.02. The van der Waals surface area contributed by atoms with Crippen molar-refractivity contribution in [3.8, 4) is 0 Å². The fourth-order valence-electron chi connectivity index (χ4n) is 1.30. The number of carboxylic acid groups (broad SMARTS) is 1. The number of anilines is 1. The van der Waals surface area contributed by atoms with Gasteiger partial charge in [0.15, 0.2) is 0 Å². The average Bonchev–Trinajstić information content (AvgIpc) is 2.51. The van der Waals surface area contributed by atoms with E-state index in [1.54, 1.807) is 0 Å². The zero-order valence-corrected chi connectivity index (χ0v) is 9.67. The standard InChI is InChI=1S/C10H16N2O2S/c1-6(2)9(10(13)14)12-5-8-7(11)3-4-15-8/h3-4,6,9,12H,5,11H2,1-2H3,(H,13,14). The molecule has 4 N–H and O–H groups in total. The van der Waals surface area contributed by atoms with Crippen LogP contribution >= 0.6 is 11.3 Å². The smallest absolute Gasteiger partial charge is 0.320 e. The SMILES string of the molecule is CC(C)C(NCc1sccc1N)C(=O)O. The van der Waals surface area contributed by atoms with Gasteiger partial charge in [-0.3, -0.25) is 10.1 Å². The van der Waals surface area contributed by atoms with Crippen LogP contribution in [0.15, 0.2) is 11.4 Å². The summed E-state index contributed by atoms with van der Waals surface area (Å²) >= 11 is 1.53. The van der Waals surface area contributed by atoms with E-state index in [2.05, 4.69) is 5.32 Å². The second-order valence-electron chi connectivity index (χ2n) is 3.74. The van der Waals surface area contributed by atoms with E-state index in [0.29, 0.717) is 6.54 Å². The molecule has 0 aliphatic heterocycles. The summed E-state index contributed by atoms with van der Waals surface area (Å²) in [6.07, 6.45) is 0. The largest absolute Gasteiger partial charge is 0.480 e. The third-order valence-electron chi connectivity index (χ3n) is 2.20. The number of hydrogen-bond acceptors (Lipinski definition) is 4. The average molecular weight is 228 g/mol. The predicted octanol–water partition coefficient (Wildman–Crippen LogP) is 1.53. The summed E-state index contributed by atoms with van der Waals surface area (Å²) in [5.74, 6) is -0.760. The summed E-state index contributed by atoms with van der Waals surface area (Å²) in [4.78, 5) is 11.9. The van der Waals surface area contributed by atoms with E-state index in [1.807, 2.05) is 25.3 Å². The monoisotopic (exact) mass is 228 g/mol. The Labute approximate surface area is 93.1 Å². The molecule has 0 saturated carbocycles. The number of carbonyl (C=O) groups is 1. The number of nitrogens with one attached hydrogen (secondary N) is 1. The van der Waals surface area contributed by atoms with Crippen LogP contribution in [0.3, 0.4) is 0 Å². The minimum absolute atomic E-state index is 0.0590. The summed E-state index contributed by atoms with van der Waals surface area (Å²) in [7, 11) is 0. The van der Waals surface area contributed by atoms with Gasteiger partial charge in [0.2, 0.25) is 0 Å². The molecule has 0 saturated heterocycles. The van der Waals surface area contributed by atoms with Crippen LogP contribution < -0.4 is 11.1 Å². The number of rotatable bonds is 5. The summed E-state index contributed by atoms with van der Waals surface area (Å²) in [6.45, 7) is 4.27. The van der Waals surface area contributed by atoms with Crippen LogP contribution in [0.2, 0.25) is 0 Å². The van der Waals surface area contributed by atoms with Crippen LogP contribution in [-0.2, 0) is 11.3 Å². The first-order valence-corrected chi connectivity index (χ1v) is 5.68. The van der Waals surface area contributed by atoms with Crippen molar-refractivity contribution < 1.29 is 9.90 Å². The molecule has 4 nitrogen and oxygen atoms in total. The Bertz CT molecular complexity index is 336. The van der Waals surface area contributed by atoms with Crippen molar-refractivity contribution in [3.63, 3.8) is 0 Å². The van der Waals surface area contributed by atoms with Crippen molar-refractivity contribution in [1.29, 1.82) is 0 Å². The molecule has 1 rings (SSSR count). The lowest BCUT2D eigenvalue weighted by Gasteiger charge is -2.17. The third kappa shape index (κ3) is 3.21. The minimum atomic E-state index is -0.819. The normalized spacial score (nSPS) is 13.0. The number of carboxylic acids is 1. The van der Waals surface area contributed by atoms with Crippen LogP contribution in [0.1, 0.15) is 18.7 Å². The van der Waals surface area contributed by atoms with Crippen molar-refractivity contribution in [2.75, 3.05) is 5.73 Å². The highest BCUT2D eigenvalue weighted by Crippen LogP contribution is 2.18. The van der Waals surface area contributed by atoms with Gasteiger partial charge in [-0.25, -0.2) is 0 Å². The Morgan fingerprint density at radius 1 is 1.67 bits per heavy atom. The van der Waals surface area contributed by atoms with Crippen molar-refractivity contribution in [2.45, 2.75) is 26.4 Å². The molecule has 1 heterocycles. The second kappa shape index (κ2) is 5.14. The molecular formula is C10H16N2O2S. The molecule has 0 bridgehead atoms. The molecule has 15 heavy (non-hydrogen) atoms. The summed E-state index contributed by atoms with van der Waals surface area (Å²) in [5, 5.41) is 13.8. The van der Waals surface area contributed by atoms with Crippen LogP contribution in [-0.4, -0.2) is 17.1 Å². The van der Waals surface area contributed by atoms with Gasteiger partial charge in [0, 0.05) is 17.1 Å². The molecule has 0 radical (unpaired) electrons. The molecule has 84 valence electrons. The van der Waals surface area contributed by atoms with Gasteiger partial charge in [0.25, 0.3) is 0 Å². The Balaban J connectivity index is 2.55. The molecule has 5 heteroatoms. The van der Waals surface area contributed by atoms with Crippen molar-refractivity contribution >= 4 is 23.0 Å². The van der Waals surface area contributed by atoms with Crippen LogP contribution in [0.4, 0.5) is 5.69 Å². The molecule has 1 unspecified atom stereocenters. The maximum Gasteiger partial charge on any atom is 0.320 e. The van der Waals surface area contributed by atoms with Crippen LogP contribution in [0.5, 0.6) is 0 Å². The molecular weight excluding hydrogens is 212 g/mol. The predicted molar refractivity (Wildman–Crippen MR) is 61.8 cm³/mol. The molecule has 0 spiro atoms. The molecule has 0 aliphatic rings. The van der Waals surface area contributed by atoms with E-state index in [4.69, 9.17) is 10.8 Å². The van der Waals surface area contributed by atoms with Gasteiger partial charge in [0.05, 0.1) is 0 Å². The van der Waals surface area contributed by atoms with E-state index >= 15 is 0 Å². The lowest BCUT2D eigenvalue weighted by atomic mass is 10.1. The van der Waals surface area contributed by atoms with Gasteiger partial charge in [0.1, 0.15) is 6.04 Å². The molecule has 0 fully saturated rings. The zero-order valence-electron chi connectivity index (χ0n) is 8.86. The number of aliphatic carboxylic acids is 1. The van der Waals surface area contributed by atoms with E-state index in [0.717, 1.165) is 10.6 Å². The van der Waals surface area contributed by atoms with Gasteiger partial charge in [-0.15, -0.1) is 11.3 Å². The topological polar surface area (TPSA) is 75.3 Å². The molecule has 0 amide bonds. The number of nitrogen functional groups attached to an aromatic ring is 1. The van der Waals surface area contributed by atoms with Crippen molar-refractivity contribution in [3.05, 3.63) is 16.3 Å². The molecule has 0 aliphatic carbocycles. The lowest BCUT2D eigenvalue weighted by Crippen LogP contribution is -2.40. The number of nitrogens with two attached hydrogens (primary N) is 1. The summed E-state index contributed by atoms with van der Waals surface area (Å²) < 4.78 is 0.